The Morgan fingerprint density at radius 2 is 1.91 bits per heavy atom. The standard InChI is InChI=1S/C34H32FN3O6S2/c1-4-5-14-43-26-13-8-21(17-27(26)42-3)29-28(30(39)22-9-12-25-23(16-22)15-19(2)44-25)31(40)32(41)38(29)33-36-37-34(46-33)45-18-20-6-10-24(35)11-7-20/h6-13,16-17,19,29,39H,4-5,14-15,18H2,1-3H3/b30-28+. The van der Waals surface area contributed by atoms with E-state index in [0.29, 0.717) is 45.7 Å². The predicted molar refractivity (Wildman–Crippen MR) is 174 cm³/mol. The lowest BCUT2D eigenvalue weighted by Gasteiger charge is -2.23. The Labute approximate surface area is 274 Å². The number of amides is 1. The maximum Gasteiger partial charge on any atom is 0.301 e. The maximum absolute atomic E-state index is 13.7. The Bertz CT molecular complexity index is 1810. The summed E-state index contributed by atoms with van der Waals surface area (Å²) < 4.78 is 31.3. The number of ketones is 1. The van der Waals surface area contributed by atoms with E-state index in [1.807, 2.05) is 6.92 Å². The number of nitrogens with zero attached hydrogens (tertiary/aromatic N) is 3. The number of anilines is 1. The summed E-state index contributed by atoms with van der Waals surface area (Å²) >= 11 is 2.53. The van der Waals surface area contributed by atoms with Crippen LogP contribution in [-0.4, -0.2) is 46.8 Å². The van der Waals surface area contributed by atoms with Gasteiger partial charge in [0.2, 0.25) is 5.13 Å². The molecule has 9 nitrogen and oxygen atoms in total. The molecule has 0 spiro atoms. The maximum atomic E-state index is 13.7. The van der Waals surface area contributed by atoms with Gasteiger partial charge >= 0.3 is 5.91 Å². The lowest BCUT2D eigenvalue weighted by Crippen LogP contribution is -2.29. The van der Waals surface area contributed by atoms with Gasteiger partial charge in [0.1, 0.15) is 23.4 Å². The molecule has 6 rings (SSSR count). The van der Waals surface area contributed by atoms with Gasteiger partial charge in [-0.2, -0.15) is 0 Å². The average molecular weight is 662 g/mol. The Morgan fingerprint density at radius 3 is 2.67 bits per heavy atom. The van der Waals surface area contributed by atoms with E-state index < -0.39 is 17.7 Å². The molecule has 2 aliphatic rings. The van der Waals surface area contributed by atoms with E-state index in [9.17, 15) is 19.1 Å². The van der Waals surface area contributed by atoms with Crippen molar-refractivity contribution in [2.45, 2.75) is 55.3 Å². The first-order valence-corrected chi connectivity index (χ1v) is 16.7. The minimum Gasteiger partial charge on any atom is -0.507 e. The fourth-order valence-electron chi connectivity index (χ4n) is 5.45. The molecule has 1 saturated heterocycles. The third-order valence-electron chi connectivity index (χ3n) is 7.75. The smallest absolute Gasteiger partial charge is 0.301 e. The van der Waals surface area contributed by atoms with Gasteiger partial charge in [0, 0.05) is 17.7 Å². The number of benzene rings is 3. The van der Waals surface area contributed by atoms with Crippen LogP contribution < -0.4 is 19.1 Å². The van der Waals surface area contributed by atoms with Crippen molar-refractivity contribution in [3.8, 4) is 17.2 Å². The number of rotatable bonds is 11. The molecular formula is C34H32FN3O6S2. The van der Waals surface area contributed by atoms with Crippen molar-refractivity contribution in [3.05, 3.63) is 94.3 Å². The molecule has 12 heteroatoms. The normalized spacial score (nSPS) is 18.5. The largest absolute Gasteiger partial charge is 0.507 e. The monoisotopic (exact) mass is 661 g/mol. The molecule has 2 atom stereocenters. The molecule has 2 aliphatic heterocycles. The third-order valence-corrected chi connectivity index (χ3v) is 9.88. The zero-order valence-electron chi connectivity index (χ0n) is 25.5. The molecular weight excluding hydrogens is 630 g/mol. The number of carbonyl (C=O) groups excluding carboxylic acids is 2. The number of halogens is 1. The summed E-state index contributed by atoms with van der Waals surface area (Å²) in [6, 6.07) is 15.6. The number of aliphatic hydroxyl groups is 1. The Morgan fingerprint density at radius 1 is 1.11 bits per heavy atom. The van der Waals surface area contributed by atoms with Gasteiger partial charge in [-0.25, -0.2) is 4.39 Å². The van der Waals surface area contributed by atoms with Crippen molar-refractivity contribution >= 4 is 45.7 Å². The molecule has 238 valence electrons. The molecule has 46 heavy (non-hydrogen) atoms. The first-order chi connectivity index (χ1) is 22.3. The van der Waals surface area contributed by atoms with E-state index in [1.54, 1.807) is 48.5 Å². The van der Waals surface area contributed by atoms with Crippen molar-refractivity contribution in [2.75, 3.05) is 18.6 Å². The highest BCUT2D eigenvalue weighted by Crippen LogP contribution is 2.46. The summed E-state index contributed by atoms with van der Waals surface area (Å²) in [5.74, 6) is -0.106. The van der Waals surface area contributed by atoms with Crippen LogP contribution in [0.2, 0.25) is 0 Å². The van der Waals surface area contributed by atoms with Crippen LogP contribution in [0.3, 0.4) is 0 Å². The summed E-state index contributed by atoms with van der Waals surface area (Å²) in [4.78, 5) is 28.8. The fourth-order valence-corrected chi connectivity index (χ4v) is 7.28. The van der Waals surface area contributed by atoms with Crippen LogP contribution in [0.25, 0.3) is 5.76 Å². The quantitative estimate of drug-likeness (QED) is 0.0449. The van der Waals surface area contributed by atoms with Crippen molar-refractivity contribution < 1.29 is 33.3 Å². The molecule has 0 aliphatic carbocycles. The SMILES string of the molecule is CCCCOc1ccc(C2/C(=C(\O)c3ccc4c(c3)CC(C)O4)C(=O)C(=O)N2c2nnc(SCc3ccc(F)cc3)s2)cc1OC. The first kappa shape index (κ1) is 31.6. The lowest BCUT2D eigenvalue weighted by atomic mass is 9.94. The van der Waals surface area contributed by atoms with Crippen LogP contribution in [-0.2, 0) is 21.8 Å². The van der Waals surface area contributed by atoms with Gasteiger partial charge in [-0.05, 0) is 72.5 Å². The van der Waals surface area contributed by atoms with Crippen LogP contribution in [0.15, 0.2) is 70.6 Å². The molecule has 0 bridgehead atoms. The van der Waals surface area contributed by atoms with E-state index in [2.05, 4.69) is 17.1 Å². The van der Waals surface area contributed by atoms with Gasteiger partial charge in [-0.1, -0.05) is 54.6 Å². The summed E-state index contributed by atoms with van der Waals surface area (Å²) in [7, 11) is 1.52. The molecule has 1 aromatic heterocycles. The van der Waals surface area contributed by atoms with Gasteiger partial charge in [0.05, 0.1) is 25.3 Å². The highest BCUT2D eigenvalue weighted by Gasteiger charge is 2.48. The molecule has 1 fully saturated rings. The molecule has 2 unspecified atom stereocenters. The summed E-state index contributed by atoms with van der Waals surface area (Å²) in [5, 5.41) is 20.4. The van der Waals surface area contributed by atoms with Crippen LogP contribution in [0.4, 0.5) is 9.52 Å². The molecule has 4 aromatic rings. The van der Waals surface area contributed by atoms with Gasteiger partial charge < -0.3 is 19.3 Å². The second-order valence-electron chi connectivity index (χ2n) is 11.0. The number of unbranched alkanes of at least 4 members (excludes halogenated alkanes) is 1. The molecule has 0 radical (unpaired) electrons. The third kappa shape index (κ3) is 6.32. The second-order valence-corrected chi connectivity index (χ2v) is 13.2. The summed E-state index contributed by atoms with van der Waals surface area (Å²) in [6.07, 6.45) is 2.49. The Balaban J connectivity index is 1.40. The second kappa shape index (κ2) is 13.5. The number of aliphatic hydroxyl groups excluding tert-OH is 1. The zero-order chi connectivity index (χ0) is 32.4. The minimum absolute atomic E-state index is 0.00368. The van der Waals surface area contributed by atoms with Crippen LogP contribution in [0.5, 0.6) is 17.2 Å². The minimum atomic E-state index is -1.02. The summed E-state index contributed by atoms with van der Waals surface area (Å²) in [5.41, 5.74) is 2.65. The molecule has 1 amide bonds. The first-order valence-electron chi connectivity index (χ1n) is 14.9. The van der Waals surface area contributed by atoms with Crippen molar-refractivity contribution in [1.29, 1.82) is 0 Å². The number of Topliss-reactive ketones (excluding diaryl/α,β-unsaturated/α-hetero) is 1. The topological polar surface area (TPSA) is 111 Å². The Kier molecular flexibility index (Phi) is 9.27. The highest BCUT2D eigenvalue weighted by molar-refractivity contribution is 8.00. The van der Waals surface area contributed by atoms with Crippen LogP contribution >= 0.6 is 23.1 Å². The summed E-state index contributed by atoms with van der Waals surface area (Å²) in [6.45, 7) is 4.54. The van der Waals surface area contributed by atoms with E-state index in [0.717, 1.165) is 41.1 Å². The van der Waals surface area contributed by atoms with Gasteiger partial charge in [-0.3, -0.25) is 14.5 Å². The predicted octanol–water partition coefficient (Wildman–Crippen LogP) is 7.11. The number of thioether (sulfide) groups is 1. The van der Waals surface area contributed by atoms with E-state index in [-0.39, 0.29) is 28.4 Å². The molecule has 3 aromatic carbocycles. The van der Waals surface area contributed by atoms with E-state index >= 15 is 0 Å². The highest BCUT2D eigenvalue weighted by atomic mass is 32.2. The van der Waals surface area contributed by atoms with Crippen LogP contribution in [0, 0.1) is 5.82 Å². The fraction of sp³-hybridized carbons (Fsp3) is 0.294. The van der Waals surface area contributed by atoms with Crippen LogP contribution in [0.1, 0.15) is 55.0 Å². The van der Waals surface area contributed by atoms with Crippen molar-refractivity contribution in [3.63, 3.8) is 0 Å². The van der Waals surface area contributed by atoms with E-state index in [4.69, 9.17) is 14.2 Å². The molecule has 3 heterocycles. The van der Waals surface area contributed by atoms with Crippen molar-refractivity contribution in [2.24, 2.45) is 0 Å². The van der Waals surface area contributed by atoms with Gasteiger partial charge in [0.25, 0.3) is 5.78 Å². The number of carbonyl (C=O) groups is 2. The number of fused-ring (bicyclic) bond motifs is 1. The number of ether oxygens (including phenoxy) is 3. The number of methoxy groups -OCH3 is 1. The number of hydrogen-bond donors (Lipinski definition) is 1. The Hall–Kier alpha value is -4.42. The lowest BCUT2D eigenvalue weighted by molar-refractivity contribution is -0.132. The van der Waals surface area contributed by atoms with Gasteiger partial charge in [-0.15, -0.1) is 10.2 Å². The van der Waals surface area contributed by atoms with Crippen molar-refractivity contribution in [1.82, 2.24) is 10.2 Å². The van der Waals surface area contributed by atoms with Gasteiger partial charge in [0.15, 0.2) is 15.8 Å². The number of aromatic nitrogens is 2. The molecule has 1 N–H and O–H groups in total. The van der Waals surface area contributed by atoms with E-state index in [1.165, 1.54) is 35.9 Å². The number of hydrogen-bond acceptors (Lipinski definition) is 10. The molecule has 0 saturated carbocycles. The zero-order valence-corrected chi connectivity index (χ0v) is 27.1. The average Bonchev–Trinajstić information content (AvgIpc) is 3.75.